The molecule has 1 atom stereocenters. The second-order valence-corrected chi connectivity index (χ2v) is 7.46. The minimum Gasteiger partial charge on any atom is -0.497 e. The smallest absolute Gasteiger partial charge is 0.387 e. The third-order valence-electron chi connectivity index (χ3n) is 5.42. The van der Waals surface area contributed by atoms with Crippen LogP contribution in [-0.4, -0.2) is 53.5 Å². The van der Waals surface area contributed by atoms with Gasteiger partial charge in [0.25, 0.3) is 0 Å². The quantitative estimate of drug-likeness (QED) is 0.452. The molecule has 2 N–H and O–H groups in total. The predicted octanol–water partition coefficient (Wildman–Crippen LogP) is 3.50. The average molecular weight is 449 g/mol. The second kappa shape index (κ2) is 11.4. The van der Waals surface area contributed by atoms with Crippen LogP contribution in [0.4, 0.5) is 14.5 Å². The van der Waals surface area contributed by atoms with E-state index in [1.807, 2.05) is 18.2 Å². The Balaban J connectivity index is 1.52. The highest BCUT2D eigenvalue weighted by molar-refractivity contribution is 5.79. The first kappa shape index (κ1) is 23.4. The van der Waals surface area contributed by atoms with Gasteiger partial charge >= 0.3 is 6.61 Å². The van der Waals surface area contributed by atoms with Crippen molar-refractivity contribution in [2.24, 2.45) is 10.9 Å². The summed E-state index contributed by atoms with van der Waals surface area (Å²) in [5.41, 5.74) is 1.71. The largest absolute Gasteiger partial charge is 0.497 e. The molecule has 3 rings (SSSR count). The van der Waals surface area contributed by atoms with Crippen molar-refractivity contribution in [2.45, 2.75) is 19.6 Å². The molecule has 9 heteroatoms. The van der Waals surface area contributed by atoms with E-state index in [-0.39, 0.29) is 12.3 Å². The monoisotopic (exact) mass is 448 g/mol. The number of nitrogens with zero attached hydrogens (tertiary/aromatic N) is 2. The first-order valence-electron chi connectivity index (χ1n) is 10.5. The normalized spacial score (nSPS) is 16.2. The zero-order valence-electron chi connectivity index (χ0n) is 18.6. The van der Waals surface area contributed by atoms with Crippen LogP contribution in [0.25, 0.3) is 0 Å². The van der Waals surface area contributed by atoms with Gasteiger partial charge in [-0.3, -0.25) is 4.99 Å². The number of hydrogen-bond acceptors (Lipinski definition) is 5. The fraction of sp³-hybridized carbons (Fsp3) is 0.435. The lowest BCUT2D eigenvalue weighted by Crippen LogP contribution is -2.40. The van der Waals surface area contributed by atoms with Crippen LogP contribution >= 0.6 is 0 Å². The summed E-state index contributed by atoms with van der Waals surface area (Å²) in [6.45, 7) is 0.0239. The number of nitrogens with one attached hydrogen (secondary N) is 2. The van der Waals surface area contributed by atoms with Crippen molar-refractivity contribution >= 4 is 11.6 Å². The van der Waals surface area contributed by atoms with Crippen molar-refractivity contribution in [1.29, 1.82) is 0 Å². The van der Waals surface area contributed by atoms with Crippen molar-refractivity contribution in [3.63, 3.8) is 0 Å². The Bertz CT molecular complexity index is 911. The molecular weight excluding hydrogens is 418 g/mol. The number of methoxy groups -OCH3 is 2. The highest BCUT2D eigenvalue weighted by Gasteiger charge is 2.23. The van der Waals surface area contributed by atoms with E-state index in [9.17, 15) is 8.78 Å². The molecule has 0 spiro atoms. The molecule has 174 valence electrons. The summed E-state index contributed by atoms with van der Waals surface area (Å²) < 4.78 is 40.6. The van der Waals surface area contributed by atoms with Crippen LogP contribution < -0.4 is 29.7 Å². The zero-order valence-corrected chi connectivity index (χ0v) is 18.6. The van der Waals surface area contributed by atoms with Gasteiger partial charge in [0, 0.05) is 50.5 Å². The summed E-state index contributed by atoms with van der Waals surface area (Å²) in [6, 6.07) is 12.8. The van der Waals surface area contributed by atoms with Gasteiger partial charge in [-0.15, -0.1) is 0 Å². The summed E-state index contributed by atoms with van der Waals surface area (Å²) in [5.74, 6) is 2.56. The molecule has 32 heavy (non-hydrogen) atoms. The number of rotatable bonds is 9. The fourth-order valence-corrected chi connectivity index (χ4v) is 3.71. The Labute approximate surface area is 187 Å². The van der Waals surface area contributed by atoms with Crippen molar-refractivity contribution in [3.8, 4) is 17.2 Å². The van der Waals surface area contributed by atoms with Crippen LogP contribution in [0, 0.1) is 5.92 Å². The summed E-state index contributed by atoms with van der Waals surface area (Å²) in [5, 5.41) is 6.49. The SMILES string of the molecule is CN=C(NCc1cc(OC)ccc1OC(F)F)NCC1CCN(c2cccc(OC)c2)C1. The van der Waals surface area contributed by atoms with Gasteiger partial charge in [-0.1, -0.05) is 6.07 Å². The van der Waals surface area contributed by atoms with Crippen LogP contribution in [0.5, 0.6) is 17.2 Å². The summed E-state index contributed by atoms with van der Waals surface area (Å²) in [4.78, 5) is 6.58. The second-order valence-electron chi connectivity index (χ2n) is 7.46. The van der Waals surface area contributed by atoms with Gasteiger partial charge in [-0.2, -0.15) is 8.78 Å². The minimum absolute atomic E-state index is 0.105. The van der Waals surface area contributed by atoms with E-state index in [2.05, 4.69) is 31.3 Å². The molecular formula is C23H30F2N4O3. The van der Waals surface area contributed by atoms with Gasteiger partial charge in [0.1, 0.15) is 17.2 Å². The molecule has 1 aliphatic heterocycles. The average Bonchev–Trinajstić information content (AvgIpc) is 3.29. The number of halogens is 2. The number of ether oxygens (including phenoxy) is 3. The van der Waals surface area contributed by atoms with E-state index in [0.717, 1.165) is 37.5 Å². The lowest BCUT2D eigenvalue weighted by Gasteiger charge is -2.20. The first-order chi connectivity index (χ1) is 15.5. The number of hydrogen-bond donors (Lipinski definition) is 2. The zero-order chi connectivity index (χ0) is 22.9. The molecule has 1 aliphatic rings. The van der Waals surface area contributed by atoms with Crippen molar-refractivity contribution < 1.29 is 23.0 Å². The molecule has 2 aromatic carbocycles. The Morgan fingerprint density at radius 1 is 1.12 bits per heavy atom. The number of aliphatic imine (C=N–C) groups is 1. The van der Waals surface area contributed by atoms with E-state index in [1.54, 1.807) is 26.3 Å². The summed E-state index contributed by atoms with van der Waals surface area (Å²) in [6.07, 6.45) is 1.06. The van der Waals surface area contributed by atoms with Crippen molar-refractivity contribution in [2.75, 3.05) is 45.8 Å². The molecule has 0 saturated carbocycles. The molecule has 0 aromatic heterocycles. The molecule has 1 fully saturated rings. The standard InChI is InChI=1S/C23H30F2N4O3/c1-26-23(28-14-17-11-20(31-3)7-8-21(17)32-22(24)25)27-13-16-9-10-29(15-16)18-5-4-6-19(12-18)30-2/h4-8,11-12,16,22H,9-10,13-15H2,1-3H3,(H2,26,27,28). The predicted molar refractivity (Wildman–Crippen MR) is 121 cm³/mol. The van der Waals surface area contributed by atoms with Crippen LogP contribution in [-0.2, 0) is 6.54 Å². The van der Waals surface area contributed by atoms with Crippen molar-refractivity contribution in [1.82, 2.24) is 10.6 Å². The maximum atomic E-state index is 12.7. The highest BCUT2D eigenvalue weighted by Crippen LogP contribution is 2.27. The molecule has 2 aromatic rings. The molecule has 0 radical (unpaired) electrons. The van der Waals surface area contributed by atoms with Gasteiger partial charge < -0.3 is 29.7 Å². The summed E-state index contributed by atoms with van der Waals surface area (Å²) >= 11 is 0. The van der Waals surface area contributed by atoms with Gasteiger partial charge in [-0.05, 0) is 42.7 Å². The van der Waals surface area contributed by atoms with E-state index < -0.39 is 6.61 Å². The number of benzene rings is 2. The van der Waals surface area contributed by atoms with Gasteiger partial charge in [0.05, 0.1) is 14.2 Å². The highest BCUT2D eigenvalue weighted by atomic mass is 19.3. The Hall–Kier alpha value is -3.23. The maximum Gasteiger partial charge on any atom is 0.387 e. The number of alkyl halides is 2. The van der Waals surface area contributed by atoms with Gasteiger partial charge in [0.15, 0.2) is 5.96 Å². The Morgan fingerprint density at radius 3 is 2.62 bits per heavy atom. The van der Waals surface area contributed by atoms with E-state index in [4.69, 9.17) is 9.47 Å². The minimum atomic E-state index is -2.89. The topological polar surface area (TPSA) is 67.4 Å². The maximum absolute atomic E-state index is 12.7. The van der Waals surface area contributed by atoms with Crippen LogP contribution in [0.2, 0.25) is 0 Å². The van der Waals surface area contributed by atoms with Gasteiger partial charge in [0.2, 0.25) is 0 Å². The number of anilines is 1. The third-order valence-corrected chi connectivity index (χ3v) is 5.42. The molecule has 0 bridgehead atoms. The molecule has 0 aliphatic carbocycles. The molecule has 0 amide bonds. The van der Waals surface area contributed by atoms with E-state index in [0.29, 0.717) is 23.2 Å². The third kappa shape index (κ3) is 6.38. The fourth-order valence-electron chi connectivity index (χ4n) is 3.71. The van der Waals surface area contributed by atoms with Crippen LogP contribution in [0.1, 0.15) is 12.0 Å². The van der Waals surface area contributed by atoms with E-state index >= 15 is 0 Å². The van der Waals surface area contributed by atoms with Crippen molar-refractivity contribution in [3.05, 3.63) is 48.0 Å². The lowest BCUT2D eigenvalue weighted by atomic mass is 10.1. The van der Waals surface area contributed by atoms with Crippen LogP contribution in [0.3, 0.4) is 0 Å². The van der Waals surface area contributed by atoms with E-state index in [1.165, 1.54) is 13.2 Å². The summed E-state index contributed by atoms with van der Waals surface area (Å²) in [7, 11) is 4.87. The lowest BCUT2D eigenvalue weighted by molar-refractivity contribution is -0.0505. The molecule has 1 heterocycles. The first-order valence-corrected chi connectivity index (χ1v) is 10.5. The molecule has 1 saturated heterocycles. The molecule has 1 unspecified atom stereocenters. The Kier molecular flexibility index (Phi) is 8.35. The molecule has 7 nitrogen and oxygen atoms in total. The van der Waals surface area contributed by atoms with Crippen LogP contribution in [0.15, 0.2) is 47.5 Å². The van der Waals surface area contributed by atoms with Gasteiger partial charge in [-0.25, -0.2) is 0 Å². The Morgan fingerprint density at radius 2 is 1.91 bits per heavy atom. The number of guanidine groups is 1.